The highest BCUT2D eigenvalue weighted by Crippen LogP contribution is 2.47. The molecule has 2 heterocycles. The smallest absolute Gasteiger partial charge is 0.0476 e. The van der Waals surface area contributed by atoms with Gasteiger partial charge in [-0.05, 0) is 81.2 Å². The largest absolute Gasteiger partial charge is 0.310 e. The van der Waals surface area contributed by atoms with Gasteiger partial charge in [0.25, 0.3) is 0 Å². The van der Waals surface area contributed by atoms with E-state index in [4.69, 9.17) is 0 Å². The third kappa shape index (κ3) is 4.21. The van der Waals surface area contributed by atoms with E-state index in [1.54, 1.807) is 0 Å². The Labute approximate surface area is 280 Å². The van der Waals surface area contributed by atoms with Gasteiger partial charge in [-0.15, -0.1) is 22.7 Å². The molecule has 8 aromatic carbocycles. The van der Waals surface area contributed by atoms with Crippen LogP contribution in [-0.4, -0.2) is 0 Å². The van der Waals surface area contributed by atoms with Gasteiger partial charge in [-0.2, -0.15) is 0 Å². The number of anilines is 3. The second kappa shape index (κ2) is 10.5. The van der Waals surface area contributed by atoms with Crippen molar-refractivity contribution in [1.82, 2.24) is 0 Å². The van der Waals surface area contributed by atoms with E-state index in [-0.39, 0.29) is 0 Å². The minimum atomic E-state index is 1.14. The molecule has 2 aromatic heterocycles. The summed E-state index contributed by atoms with van der Waals surface area (Å²) < 4.78 is 5.31. The summed E-state index contributed by atoms with van der Waals surface area (Å²) in [5.74, 6) is 0. The lowest BCUT2D eigenvalue weighted by atomic mass is 9.95. The third-order valence-electron chi connectivity index (χ3n) is 9.41. The number of para-hydroxylation sites is 1. The van der Waals surface area contributed by atoms with Gasteiger partial charge in [0.2, 0.25) is 0 Å². The first kappa shape index (κ1) is 26.7. The second-order valence-corrected chi connectivity index (χ2v) is 14.2. The Morgan fingerprint density at radius 3 is 1.83 bits per heavy atom. The molecule has 0 spiro atoms. The zero-order chi connectivity index (χ0) is 30.9. The van der Waals surface area contributed by atoms with Crippen molar-refractivity contribution in [2.75, 3.05) is 4.90 Å². The van der Waals surface area contributed by atoms with Crippen LogP contribution < -0.4 is 4.90 Å². The number of fused-ring (bicyclic) bond motifs is 10. The summed E-state index contributed by atoms with van der Waals surface area (Å²) in [7, 11) is 0. The lowest BCUT2D eigenvalue weighted by Gasteiger charge is -2.25. The van der Waals surface area contributed by atoms with E-state index in [9.17, 15) is 0 Å². The molecule has 0 amide bonds. The average molecular weight is 634 g/mol. The maximum absolute atomic E-state index is 2.41. The van der Waals surface area contributed by atoms with Gasteiger partial charge >= 0.3 is 0 Å². The Hall–Kier alpha value is -5.48. The molecule has 0 aliphatic carbocycles. The standard InChI is InChI=1S/C44H27NS2/c1-3-11-28(12-4-1)38-25-30-14-8-10-18-35(30)44-42(38)39-26-32(21-24-40(39)46-44)45(31-15-5-2-6-16-31)33-20-23-36-37-22-19-29-13-7-9-17-34(29)43(37)47-41(36)27-33/h1-27H. The van der Waals surface area contributed by atoms with Crippen molar-refractivity contribution in [3.8, 4) is 11.1 Å². The van der Waals surface area contributed by atoms with E-state index in [2.05, 4.69) is 169 Å². The van der Waals surface area contributed by atoms with Crippen molar-refractivity contribution in [3.05, 3.63) is 164 Å². The van der Waals surface area contributed by atoms with Crippen LogP contribution >= 0.6 is 22.7 Å². The molecule has 1 nitrogen and oxygen atoms in total. The molecule has 3 heteroatoms. The molecule has 0 saturated heterocycles. The van der Waals surface area contributed by atoms with Crippen LogP contribution in [0.4, 0.5) is 17.1 Å². The Kier molecular flexibility index (Phi) is 5.98. The molecule has 0 saturated carbocycles. The SMILES string of the molecule is c1ccc(-c2cc3ccccc3c3sc4ccc(N(c5ccccc5)c5ccc6c(c5)sc5c7ccccc7ccc65)cc4c23)cc1. The highest BCUT2D eigenvalue weighted by Gasteiger charge is 2.19. The monoisotopic (exact) mass is 633 g/mol. The quantitative estimate of drug-likeness (QED) is 0.186. The fourth-order valence-corrected chi connectivity index (χ4v) is 9.76. The zero-order valence-electron chi connectivity index (χ0n) is 25.4. The molecule has 0 atom stereocenters. The first-order valence-corrected chi connectivity index (χ1v) is 17.6. The number of rotatable bonds is 4. The molecule has 220 valence electrons. The molecule has 0 unspecified atom stereocenters. The van der Waals surface area contributed by atoms with E-state index in [0.29, 0.717) is 0 Å². The third-order valence-corrected chi connectivity index (χ3v) is 11.8. The number of nitrogens with zero attached hydrogens (tertiary/aromatic N) is 1. The molecule has 0 N–H and O–H groups in total. The van der Waals surface area contributed by atoms with Crippen LogP contribution in [0.3, 0.4) is 0 Å². The minimum Gasteiger partial charge on any atom is -0.310 e. The summed E-state index contributed by atoms with van der Waals surface area (Å²) in [5, 5.41) is 10.5. The van der Waals surface area contributed by atoms with E-state index in [0.717, 1.165) is 17.1 Å². The molecule has 0 fully saturated rings. The van der Waals surface area contributed by atoms with Crippen LogP contribution in [0.1, 0.15) is 0 Å². The first-order chi connectivity index (χ1) is 23.3. The van der Waals surface area contributed by atoms with Crippen LogP contribution in [0.2, 0.25) is 0 Å². The van der Waals surface area contributed by atoms with Gasteiger partial charge < -0.3 is 4.90 Å². The molecule has 0 aliphatic rings. The summed E-state index contributed by atoms with van der Waals surface area (Å²) in [4.78, 5) is 2.41. The maximum atomic E-state index is 2.41. The van der Waals surface area contributed by atoms with Crippen LogP contribution in [0.15, 0.2) is 164 Å². The van der Waals surface area contributed by atoms with Gasteiger partial charge in [-0.3, -0.25) is 0 Å². The molecule has 0 aliphatic heterocycles. The van der Waals surface area contributed by atoms with Crippen molar-refractivity contribution in [2.24, 2.45) is 0 Å². The van der Waals surface area contributed by atoms with Crippen LogP contribution in [0.25, 0.3) is 73.0 Å². The number of hydrogen-bond donors (Lipinski definition) is 0. The average Bonchev–Trinajstić information content (AvgIpc) is 3.71. The van der Waals surface area contributed by atoms with E-state index in [1.807, 2.05) is 22.7 Å². The number of benzene rings is 8. The van der Waals surface area contributed by atoms with Crippen molar-refractivity contribution in [2.45, 2.75) is 0 Å². The van der Waals surface area contributed by atoms with Crippen molar-refractivity contribution in [3.63, 3.8) is 0 Å². The fraction of sp³-hybridized carbons (Fsp3) is 0. The van der Waals surface area contributed by atoms with E-state index >= 15 is 0 Å². The second-order valence-electron chi connectivity index (χ2n) is 12.1. The summed E-state index contributed by atoms with van der Waals surface area (Å²) >= 11 is 3.79. The molecule has 10 aromatic rings. The lowest BCUT2D eigenvalue weighted by molar-refractivity contribution is 1.30. The number of hydrogen-bond acceptors (Lipinski definition) is 3. The molecule has 0 radical (unpaired) electrons. The summed E-state index contributed by atoms with van der Waals surface area (Å²) in [5.41, 5.74) is 5.99. The van der Waals surface area contributed by atoms with Gasteiger partial charge in [0, 0.05) is 57.4 Å². The van der Waals surface area contributed by atoms with Gasteiger partial charge in [-0.1, -0.05) is 115 Å². The number of thiophene rings is 2. The molecule has 0 bridgehead atoms. The van der Waals surface area contributed by atoms with E-state index < -0.39 is 0 Å². The Morgan fingerprint density at radius 1 is 0.362 bits per heavy atom. The maximum Gasteiger partial charge on any atom is 0.0476 e. The first-order valence-electron chi connectivity index (χ1n) is 15.9. The lowest BCUT2D eigenvalue weighted by Crippen LogP contribution is -2.09. The zero-order valence-corrected chi connectivity index (χ0v) is 27.0. The summed E-state index contributed by atoms with van der Waals surface area (Å²) in [6, 6.07) is 60.0. The van der Waals surface area contributed by atoms with Crippen LogP contribution in [0.5, 0.6) is 0 Å². The Morgan fingerprint density at radius 2 is 1.00 bits per heavy atom. The Bertz CT molecular complexity index is 2790. The normalized spacial score (nSPS) is 11.8. The molecule has 10 rings (SSSR count). The van der Waals surface area contributed by atoms with Crippen molar-refractivity contribution in [1.29, 1.82) is 0 Å². The minimum absolute atomic E-state index is 1.14. The van der Waals surface area contributed by atoms with E-state index in [1.165, 1.54) is 73.0 Å². The van der Waals surface area contributed by atoms with Crippen molar-refractivity contribution < 1.29 is 0 Å². The Balaban J connectivity index is 1.22. The van der Waals surface area contributed by atoms with Crippen molar-refractivity contribution >= 4 is 102 Å². The van der Waals surface area contributed by atoms with Gasteiger partial charge in [0.1, 0.15) is 0 Å². The molecular formula is C44H27NS2. The highest BCUT2D eigenvalue weighted by molar-refractivity contribution is 7.27. The summed E-state index contributed by atoms with van der Waals surface area (Å²) in [6.45, 7) is 0. The predicted octanol–water partition coefficient (Wildman–Crippen LogP) is 13.9. The van der Waals surface area contributed by atoms with Gasteiger partial charge in [-0.25, -0.2) is 0 Å². The van der Waals surface area contributed by atoms with Crippen LogP contribution in [0, 0.1) is 0 Å². The predicted molar refractivity (Wildman–Crippen MR) is 207 cm³/mol. The topological polar surface area (TPSA) is 3.24 Å². The van der Waals surface area contributed by atoms with Gasteiger partial charge in [0.05, 0.1) is 0 Å². The van der Waals surface area contributed by atoms with Crippen LogP contribution in [-0.2, 0) is 0 Å². The summed E-state index contributed by atoms with van der Waals surface area (Å²) in [6.07, 6.45) is 0. The molecular weight excluding hydrogens is 607 g/mol. The highest BCUT2D eigenvalue weighted by atomic mass is 32.1. The van der Waals surface area contributed by atoms with Gasteiger partial charge in [0.15, 0.2) is 0 Å². The molecule has 47 heavy (non-hydrogen) atoms. The fourth-order valence-electron chi connectivity index (χ4n) is 7.24.